The molecule has 1 N–H and O–H groups in total. The average molecular weight is 340 g/mol. The van der Waals surface area contributed by atoms with Crippen LogP contribution in [0.15, 0.2) is 40.2 Å². The third-order valence-electron chi connectivity index (χ3n) is 2.74. The molecule has 1 aromatic heterocycles. The summed E-state index contributed by atoms with van der Waals surface area (Å²) in [6, 6.07) is 10.5. The minimum atomic E-state index is 0.266. The van der Waals surface area contributed by atoms with Crippen molar-refractivity contribution in [3.63, 3.8) is 0 Å². The zero-order chi connectivity index (χ0) is 13.7. The molecule has 0 radical (unpaired) electrons. The Hall–Kier alpha value is -1.000. The molecule has 2 nitrogen and oxygen atoms in total. The van der Waals surface area contributed by atoms with Gasteiger partial charge in [0.15, 0.2) is 0 Å². The summed E-state index contributed by atoms with van der Waals surface area (Å²) in [4.78, 5) is 1.30. The maximum Gasteiger partial charge on any atom is 0.142 e. The van der Waals surface area contributed by atoms with Gasteiger partial charge in [0, 0.05) is 14.7 Å². The van der Waals surface area contributed by atoms with E-state index in [2.05, 4.69) is 52.6 Å². The molecule has 0 saturated heterocycles. The molecule has 0 spiro atoms. The van der Waals surface area contributed by atoms with Crippen molar-refractivity contribution >= 4 is 33.0 Å². The van der Waals surface area contributed by atoms with Crippen LogP contribution in [-0.2, 0) is 0 Å². The lowest BCUT2D eigenvalue weighted by molar-refractivity contribution is 0.318. The first kappa shape index (κ1) is 14.4. The third kappa shape index (κ3) is 3.98. The standard InChI is InChI=1S/C15H18BrNOS/c1-3-8-18-14-7-5-4-6-13(14)17-11(2)15-9-12(16)10-19-15/h4-7,9-11,17H,3,8H2,1-2H3. The number of nitrogens with one attached hydrogen (secondary N) is 1. The van der Waals surface area contributed by atoms with Crippen LogP contribution < -0.4 is 10.1 Å². The Balaban J connectivity index is 2.09. The lowest BCUT2D eigenvalue weighted by atomic mass is 10.2. The highest BCUT2D eigenvalue weighted by Gasteiger charge is 2.10. The van der Waals surface area contributed by atoms with Crippen molar-refractivity contribution in [1.29, 1.82) is 0 Å². The van der Waals surface area contributed by atoms with Crippen LogP contribution in [0.3, 0.4) is 0 Å². The highest BCUT2D eigenvalue weighted by Crippen LogP contribution is 2.31. The number of ether oxygens (including phenoxy) is 1. The molecule has 0 aliphatic carbocycles. The van der Waals surface area contributed by atoms with E-state index >= 15 is 0 Å². The average Bonchev–Trinajstić information content (AvgIpc) is 2.84. The molecule has 1 aromatic carbocycles. The highest BCUT2D eigenvalue weighted by molar-refractivity contribution is 9.10. The van der Waals surface area contributed by atoms with E-state index in [0.29, 0.717) is 0 Å². The van der Waals surface area contributed by atoms with Crippen molar-refractivity contribution < 1.29 is 4.74 Å². The van der Waals surface area contributed by atoms with Crippen LogP contribution in [0.2, 0.25) is 0 Å². The van der Waals surface area contributed by atoms with Gasteiger partial charge in [0.05, 0.1) is 18.3 Å². The zero-order valence-electron chi connectivity index (χ0n) is 11.2. The monoisotopic (exact) mass is 339 g/mol. The Bertz CT molecular complexity index is 526. The van der Waals surface area contributed by atoms with Gasteiger partial charge in [-0.3, -0.25) is 0 Å². The van der Waals surface area contributed by atoms with E-state index in [0.717, 1.165) is 28.9 Å². The number of rotatable bonds is 6. The Morgan fingerprint density at radius 1 is 1.37 bits per heavy atom. The van der Waals surface area contributed by atoms with E-state index in [4.69, 9.17) is 4.74 Å². The highest BCUT2D eigenvalue weighted by atomic mass is 79.9. The van der Waals surface area contributed by atoms with Crippen molar-refractivity contribution in [1.82, 2.24) is 0 Å². The number of thiophene rings is 1. The normalized spacial score (nSPS) is 12.2. The Morgan fingerprint density at radius 3 is 2.84 bits per heavy atom. The zero-order valence-corrected chi connectivity index (χ0v) is 13.6. The number of benzene rings is 1. The molecule has 0 fully saturated rings. The molecule has 0 amide bonds. The Morgan fingerprint density at radius 2 is 2.16 bits per heavy atom. The molecule has 1 heterocycles. The van der Waals surface area contributed by atoms with Crippen molar-refractivity contribution in [2.24, 2.45) is 0 Å². The lowest BCUT2D eigenvalue weighted by Gasteiger charge is -2.17. The van der Waals surface area contributed by atoms with Crippen LogP contribution in [0.25, 0.3) is 0 Å². The van der Waals surface area contributed by atoms with Crippen LogP contribution in [0.5, 0.6) is 5.75 Å². The molecule has 2 rings (SSSR count). The van der Waals surface area contributed by atoms with E-state index in [-0.39, 0.29) is 6.04 Å². The van der Waals surface area contributed by atoms with E-state index in [9.17, 15) is 0 Å². The van der Waals surface area contributed by atoms with E-state index in [1.165, 1.54) is 4.88 Å². The fourth-order valence-corrected chi connectivity index (χ4v) is 3.24. The molecular formula is C15H18BrNOS. The van der Waals surface area contributed by atoms with Gasteiger partial charge >= 0.3 is 0 Å². The molecule has 102 valence electrons. The molecule has 19 heavy (non-hydrogen) atoms. The second-order valence-corrected chi connectivity index (χ2v) is 6.24. The first-order valence-electron chi connectivity index (χ1n) is 6.43. The molecule has 4 heteroatoms. The van der Waals surface area contributed by atoms with Gasteiger partial charge in [0.1, 0.15) is 5.75 Å². The van der Waals surface area contributed by atoms with Crippen LogP contribution in [0.4, 0.5) is 5.69 Å². The lowest BCUT2D eigenvalue weighted by Crippen LogP contribution is -2.07. The van der Waals surface area contributed by atoms with Gasteiger partial charge in [-0.15, -0.1) is 11.3 Å². The predicted octanol–water partition coefficient (Wildman–Crippen LogP) is 5.47. The van der Waals surface area contributed by atoms with Gasteiger partial charge in [-0.25, -0.2) is 0 Å². The van der Waals surface area contributed by atoms with Crippen molar-refractivity contribution in [2.75, 3.05) is 11.9 Å². The summed E-state index contributed by atoms with van der Waals surface area (Å²) in [6.07, 6.45) is 1.02. The van der Waals surface area contributed by atoms with E-state index in [1.54, 1.807) is 11.3 Å². The topological polar surface area (TPSA) is 21.3 Å². The summed E-state index contributed by atoms with van der Waals surface area (Å²) in [5.41, 5.74) is 1.05. The quantitative estimate of drug-likeness (QED) is 0.753. The summed E-state index contributed by atoms with van der Waals surface area (Å²) in [7, 11) is 0. The number of hydrogen-bond donors (Lipinski definition) is 1. The first-order valence-corrected chi connectivity index (χ1v) is 8.10. The van der Waals surface area contributed by atoms with Gasteiger partial charge in [-0.1, -0.05) is 19.1 Å². The molecule has 0 bridgehead atoms. The second kappa shape index (κ2) is 6.96. The molecule has 1 unspecified atom stereocenters. The van der Waals surface area contributed by atoms with Crippen LogP contribution in [-0.4, -0.2) is 6.61 Å². The molecule has 0 saturated carbocycles. The summed E-state index contributed by atoms with van der Waals surface area (Å²) >= 11 is 5.24. The number of halogens is 1. The molecular weight excluding hydrogens is 322 g/mol. The minimum absolute atomic E-state index is 0.266. The van der Waals surface area contributed by atoms with Crippen molar-refractivity contribution in [2.45, 2.75) is 26.3 Å². The maximum atomic E-state index is 5.76. The maximum absolute atomic E-state index is 5.76. The van der Waals surface area contributed by atoms with Crippen LogP contribution >= 0.6 is 27.3 Å². The second-order valence-electron chi connectivity index (χ2n) is 4.38. The van der Waals surface area contributed by atoms with Gasteiger partial charge in [-0.2, -0.15) is 0 Å². The van der Waals surface area contributed by atoms with Crippen molar-refractivity contribution in [3.8, 4) is 5.75 Å². The summed E-state index contributed by atoms with van der Waals surface area (Å²) in [6.45, 7) is 5.02. The summed E-state index contributed by atoms with van der Waals surface area (Å²) < 4.78 is 6.90. The fraction of sp³-hybridized carbons (Fsp3) is 0.333. The molecule has 2 aromatic rings. The predicted molar refractivity (Wildman–Crippen MR) is 86.3 cm³/mol. The fourth-order valence-electron chi connectivity index (χ4n) is 1.78. The van der Waals surface area contributed by atoms with Gasteiger partial charge in [0.2, 0.25) is 0 Å². The largest absolute Gasteiger partial charge is 0.491 e. The van der Waals surface area contributed by atoms with Gasteiger partial charge in [-0.05, 0) is 47.5 Å². The SMILES string of the molecule is CCCOc1ccccc1NC(C)c1cc(Br)cs1. The Labute approximate surface area is 126 Å². The molecule has 0 aliphatic heterocycles. The Kier molecular flexibility index (Phi) is 5.28. The minimum Gasteiger partial charge on any atom is -0.491 e. The number of para-hydroxylation sites is 2. The smallest absolute Gasteiger partial charge is 0.142 e. The number of anilines is 1. The molecule has 0 aliphatic rings. The van der Waals surface area contributed by atoms with Gasteiger partial charge < -0.3 is 10.1 Å². The summed E-state index contributed by atoms with van der Waals surface area (Å²) in [5, 5.41) is 5.62. The van der Waals surface area contributed by atoms with E-state index < -0.39 is 0 Å². The summed E-state index contributed by atoms with van der Waals surface area (Å²) in [5.74, 6) is 0.923. The van der Waals surface area contributed by atoms with Crippen LogP contribution in [0.1, 0.15) is 31.2 Å². The van der Waals surface area contributed by atoms with Crippen molar-refractivity contribution in [3.05, 3.63) is 45.1 Å². The number of hydrogen-bond acceptors (Lipinski definition) is 3. The van der Waals surface area contributed by atoms with Gasteiger partial charge in [0.25, 0.3) is 0 Å². The van der Waals surface area contributed by atoms with Crippen LogP contribution in [0, 0.1) is 0 Å². The molecule has 1 atom stereocenters. The first-order chi connectivity index (χ1) is 9.20. The third-order valence-corrected chi connectivity index (χ3v) is 4.61. The van der Waals surface area contributed by atoms with E-state index in [1.807, 2.05) is 18.2 Å².